The summed E-state index contributed by atoms with van der Waals surface area (Å²) in [5.41, 5.74) is 10.5. The standard InChI is InChI=1S/C16H23N5/c1-10(2)16(5-6-16)9-21-15(18-19-20-21)13-8-14(17)12(4)7-11(13)3/h7-8,10H,5-6,9,17H2,1-4H3. The van der Waals surface area contributed by atoms with Crippen molar-refractivity contribution in [2.45, 2.75) is 47.1 Å². The zero-order valence-corrected chi connectivity index (χ0v) is 13.2. The summed E-state index contributed by atoms with van der Waals surface area (Å²) in [6, 6.07) is 4.08. The lowest BCUT2D eigenvalue weighted by Gasteiger charge is -2.20. The third-order valence-corrected chi connectivity index (χ3v) is 4.97. The Hall–Kier alpha value is -1.91. The lowest BCUT2D eigenvalue weighted by molar-refractivity contribution is 0.294. The third kappa shape index (κ3) is 2.41. The van der Waals surface area contributed by atoms with E-state index < -0.39 is 0 Å². The van der Waals surface area contributed by atoms with Gasteiger partial charge in [-0.15, -0.1) is 5.10 Å². The van der Waals surface area contributed by atoms with Gasteiger partial charge in [-0.2, -0.15) is 0 Å². The Balaban J connectivity index is 1.98. The second kappa shape index (κ2) is 4.83. The van der Waals surface area contributed by atoms with Crippen LogP contribution in [0, 0.1) is 25.2 Å². The molecular weight excluding hydrogens is 262 g/mol. The number of aromatic nitrogens is 4. The van der Waals surface area contributed by atoms with Crippen molar-refractivity contribution in [3.63, 3.8) is 0 Å². The summed E-state index contributed by atoms with van der Waals surface area (Å²) in [7, 11) is 0. The van der Waals surface area contributed by atoms with Crippen LogP contribution in [-0.2, 0) is 6.54 Å². The fourth-order valence-electron chi connectivity index (χ4n) is 2.99. The molecule has 2 N–H and O–H groups in total. The van der Waals surface area contributed by atoms with Crippen molar-refractivity contribution in [1.29, 1.82) is 0 Å². The normalized spacial score (nSPS) is 16.4. The summed E-state index contributed by atoms with van der Waals surface area (Å²) in [5.74, 6) is 1.48. The minimum atomic E-state index is 0.369. The molecule has 0 unspecified atom stereocenters. The highest BCUT2D eigenvalue weighted by Gasteiger charge is 2.46. The third-order valence-electron chi connectivity index (χ3n) is 4.97. The highest BCUT2D eigenvalue weighted by atomic mass is 15.5. The smallest absolute Gasteiger partial charge is 0.182 e. The number of benzene rings is 1. The Morgan fingerprint density at radius 1 is 1.24 bits per heavy atom. The van der Waals surface area contributed by atoms with Crippen LogP contribution in [0.1, 0.15) is 37.8 Å². The first kappa shape index (κ1) is 14.0. The van der Waals surface area contributed by atoms with E-state index in [4.69, 9.17) is 5.73 Å². The van der Waals surface area contributed by atoms with Crippen LogP contribution in [0.4, 0.5) is 5.69 Å². The molecule has 0 spiro atoms. The van der Waals surface area contributed by atoms with Crippen molar-refractivity contribution < 1.29 is 0 Å². The van der Waals surface area contributed by atoms with Crippen molar-refractivity contribution in [3.8, 4) is 11.4 Å². The van der Waals surface area contributed by atoms with Gasteiger partial charge in [0, 0.05) is 11.3 Å². The molecule has 1 aliphatic rings. The topological polar surface area (TPSA) is 69.6 Å². The van der Waals surface area contributed by atoms with Gasteiger partial charge in [0.2, 0.25) is 0 Å². The average molecular weight is 285 g/mol. The minimum absolute atomic E-state index is 0.369. The molecule has 21 heavy (non-hydrogen) atoms. The van der Waals surface area contributed by atoms with E-state index >= 15 is 0 Å². The molecule has 3 rings (SSSR count). The average Bonchev–Trinajstić information content (AvgIpc) is 3.06. The molecule has 1 aromatic heterocycles. The van der Waals surface area contributed by atoms with Gasteiger partial charge in [0.15, 0.2) is 5.82 Å². The highest BCUT2D eigenvalue weighted by molar-refractivity contribution is 5.67. The molecule has 1 aromatic carbocycles. The van der Waals surface area contributed by atoms with Gasteiger partial charge in [-0.05, 0) is 65.6 Å². The first-order chi connectivity index (χ1) is 9.93. The number of anilines is 1. The van der Waals surface area contributed by atoms with E-state index in [-0.39, 0.29) is 0 Å². The number of nitrogens with zero attached hydrogens (tertiary/aromatic N) is 4. The number of nitrogens with two attached hydrogens (primary N) is 1. The zero-order chi connectivity index (χ0) is 15.2. The number of aryl methyl sites for hydroxylation is 2. The van der Waals surface area contributed by atoms with Gasteiger partial charge in [-0.25, -0.2) is 4.68 Å². The summed E-state index contributed by atoms with van der Waals surface area (Å²) >= 11 is 0. The number of nitrogen functional groups attached to an aromatic ring is 1. The van der Waals surface area contributed by atoms with Gasteiger partial charge in [0.1, 0.15) is 0 Å². The van der Waals surface area contributed by atoms with Gasteiger partial charge in [-0.1, -0.05) is 19.9 Å². The first-order valence-corrected chi connectivity index (χ1v) is 7.56. The second-order valence-electron chi connectivity index (χ2n) is 6.70. The van der Waals surface area contributed by atoms with Crippen molar-refractivity contribution >= 4 is 5.69 Å². The molecule has 0 aliphatic heterocycles. The molecule has 112 valence electrons. The Bertz CT molecular complexity index is 667. The largest absolute Gasteiger partial charge is 0.398 e. The van der Waals surface area contributed by atoms with Gasteiger partial charge >= 0.3 is 0 Å². The van der Waals surface area contributed by atoms with Crippen LogP contribution in [0.5, 0.6) is 0 Å². The second-order valence-corrected chi connectivity index (χ2v) is 6.70. The Labute approximate surface area is 125 Å². The fourth-order valence-corrected chi connectivity index (χ4v) is 2.99. The molecule has 1 saturated carbocycles. The maximum absolute atomic E-state index is 6.06. The Morgan fingerprint density at radius 2 is 1.95 bits per heavy atom. The molecule has 5 nitrogen and oxygen atoms in total. The van der Waals surface area contributed by atoms with Crippen LogP contribution >= 0.6 is 0 Å². The summed E-state index contributed by atoms with van der Waals surface area (Å²) in [6.07, 6.45) is 2.53. The van der Waals surface area contributed by atoms with Crippen LogP contribution in [0.25, 0.3) is 11.4 Å². The van der Waals surface area contributed by atoms with Gasteiger partial charge in [0.25, 0.3) is 0 Å². The van der Waals surface area contributed by atoms with Gasteiger partial charge < -0.3 is 5.73 Å². The molecule has 5 heteroatoms. The van der Waals surface area contributed by atoms with Crippen molar-refractivity contribution in [3.05, 3.63) is 23.3 Å². The van der Waals surface area contributed by atoms with E-state index in [0.717, 1.165) is 34.7 Å². The molecule has 0 radical (unpaired) electrons. The van der Waals surface area contributed by atoms with E-state index in [1.165, 1.54) is 12.8 Å². The van der Waals surface area contributed by atoms with Crippen LogP contribution in [0.3, 0.4) is 0 Å². The van der Waals surface area contributed by atoms with Crippen molar-refractivity contribution in [1.82, 2.24) is 20.2 Å². The quantitative estimate of drug-likeness (QED) is 0.877. The van der Waals surface area contributed by atoms with Crippen LogP contribution < -0.4 is 5.73 Å². The summed E-state index contributed by atoms with van der Waals surface area (Å²) < 4.78 is 1.95. The predicted octanol–water partition coefficient (Wildman–Crippen LogP) is 2.98. The zero-order valence-electron chi connectivity index (χ0n) is 13.2. The van der Waals surface area contributed by atoms with Crippen LogP contribution in [-0.4, -0.2) is 20.2 Å². The summed E-state index contributed by atoms with van der Waals surface area (Å²) in [5, 5.41) is 12.3. The SMILES string of the molecule is Cc1cc(C)c(-c2nnnn2CC2(C(C)C)CC2)cc1N. The molecule has 0 amide bonds. The number of hydrogen-bond donors (Lipinski definition) is 1. The molecule has 0 saturated heterocycles. The maximum atomic E-state index is 6.06. The van der Waals surface area contributed by atoms with Gasteiger partial charge in [0.05, 0.1) is 6.54 Å². The maximum Gasteiger partial charge on any atom is 0.182 e. The molecule has 1 aliphatic carbocycles. The molecule has 1 heterocycles. The molecule has 0 bridgehead atoms. The number of hydrogen-bond acceptors (Lipinski definition) is 4. The van der Waals surface area contributed by atoms with Crippen molar-refractivity contribution in [2.75, 3.05) is 5.73 Å². The first-order valence-electron chi connectivity index (χ1n) is 7.56. The predicted molar refractivity (Wildman–Crippen MR) is 83.6 cm³/mol. The molecular formula is C16H23N5. The van der Waals surface area contributed by atoms with Crippen molar-refractivity contribution in [2.24, 2.45) is 11.3 Å². The lowest BCUT2D eigenvalue weighted by Crippen LogP contribution is -2.19. The minimum Gasteiger partial charge on any atom is -0.398 e. The van der Waals surface area contributed by atoms with E-state index in [1.807, 2.05) is 17.7 Å². The fraction of sp³-hybridized carbons (Fsp3) is 0.562. The van der Waals surface area contributed by atoms with E-state index in [2.05, 4.69) is 42.4 Å². The van der Waals surface area contributed by atoms with E-state index in [9.17, 15) is 0 Å². The molecule has 2 aromatic rings. The van der Waals surface area contributed by atoms with E-state index in [0.29, 0.717) is 11.3 Å². The van der Waals surface area contributed by atoms with E-state index in [1.54, 1.807) is 0 Å². The monoisotopic (exact) mass is 285 g/mol. The Morgan fingerprint density at radius 3 is 2.57 bits per heavy atom. The number of rotatable bonds is 4. The highest BCUT2D eigenvalue weighted by Crippen LogP contribution is 2.53. The number of tetrazole rings is 1. The van der Waals surface area contributed by atoms with Crippen LogP contribution in [0.2, 0.25) is 0 Å². The summed E-state index contributed by atoms with van der Waals surface area (Å²) in [4.78, 5) is 0. The van der Waals surface area contributed by atoms with Gasteiger partial charge in [-0.3, -0.25) is 0 Å². The Kier molecular flexibility index (Phi) is 3.23. The molecule has 1 fully saturated rings. The van der Waals surface area contributed by atoms with Crippen LogP contribution in [0.15, 0.2) is 12.1 Å². The summed E-state index contributed by atoms with van der Waals surface area (Å²) in [6.45, 7) is 9.56. The lowest BCUT2D eigenvalue weighted by atomic mass is 9.92. The molecule has 0 atom stereocenters.